The Labute approximate surface area is 793 Å². The third kappa shape index (κ3) is 21.3. The Morgan fingerprint density at radius 2 is 0.541 bits per heavy atom. The van der Waals surface area contributed by atoms with Crippen molar-refractivity contribution < 1.29 is 9.47 Å². The molecule has 19 aromatic carbocycles. The highest BCUT2D eigenvalue weighted by atomic mass is 32.2. The number of rotatable bonds is 11. The minimum atomic E-state index is 0.848. The third-order valence-corrected chi connectivity index (χ3v) is 26.8. The van der Waals surface area contributed by atoms with Crippen molar-refractivity contribution in [2.75, 3.05) is 30.6 Å². The van der Waals surface area contributed by atoms with Crippen LogP contribution >= 0.6 is 34.9 Å². The van der Waals surface area contributed by atoms with E-state index in [1.807, 2.05) is 77.7 Å². The van der Waals surface area contributed by atoms with Crippen LogP contribution in [0.25, 0.3) is 102 Å². The Hall–Kier alpha value is -15.3. The van der Waals surface area contributed by atoms with E-state index in [9.17, 15) is 0 Å². The van der Waals surface area contributed by atoms with E-state index in [-0.39, 0.29) is 0 Å². The van der Waals surface area contributed by atoms with Crippen molar-refractivity contribution in [3.8, 4) is 28.3 Å². The molecule has 0 bridgehead atoms. The fourth-order valence-corrected chi connectivity index (χ4v) is 20.4. The second kappa shape index (κ2) is 44.8. The number of aryl methyl sites for hydroxylation is 2. The maximum atomic E-state index is 4.96. The lowest BCUT2D eigenvalue weighted by atomic mass is 10.1. The van der Waals surface area contributed by atoms with Gasteiger partial charge in [0.25, 0.3) is 0 Å². The number of benzene rings is 19. The van der Waals surface area contributed by atoms with Crippen LogP contribution in [0.4, 0.5) is 28.4 Å². The van der Waals surface area contributed by atoms with Gasteiger partial charge in [0, 0.05) is 137 Å². The van der Waals surface area contributed by atoms with Crippen LogP contribution in [0.2, 0.25) is 0 Å². The highest BCUT2D eigenvalue weighted by Gasteiger charge is 2.22. The molecular weight excluding hydrogens is 1680 g/mol. The van der Waals surface area contributed by atoms with E-state index in [0.717, 1.165) is 37.6 Å². The molecule has 2 aliphatic rings. The maximum absolute atomic E-state index is 4.96. The molecule has 5 heterocycles. The number of methoxy groups -OCH3 is 2. The summed E-state index contributed by atoms with van der Waals surface area (Å²) < 4.78 is 19.7. The minimum Gasteiger partial charge on any atom is -0.497 e. The van der Waals surface area contributed by atoms with Gasteiger partial charge in [0.1, 0.15) is 11.5 Å². The summed E-state index contributed by atoms with van der Waals surface area (Å²) in [5, 5.41) is 10.8. The largest absolute Gasteiger partial charge is 0.497 e. The lowest BCUT2D eigenvalue weighted by Gasteiger charge is -2.31. The SMILES string of the molecule is CCN1c2ccccc2Sc2ccccc21.CCn1c2ccccc2c2ccccc21.CCn1c2ccccc2c2ccccc21.COc1ccc(OC)cc1.c1ccc(-n2c3ccccc3c3ccccc32)cc1.c1ccc(N(c2ccccc2)c2ccccc2)cc1.c1ccc(Sc2ccccc2)cc1.c1ccc2c(c1)Cc1ccccc1-2.c1ccc2c(c1)sc1ccccc12. The monoisotopic (exact) mass is 1780 g/mol. The summed E-state index contributed by atoms with van der Waals surface area (Å²) in [5.41, 5.74) is 21.0. The summed E-state index contributed by atoms with van der Waals surface area (Å²) in [4.78, 5) is 9.90. The minimum absolute atomic E-state index is 0.848. The van der Waals surface area contributed by atoms with Gasteiger partial charge in [-0.15, -0.1) is 11.3 Å². The standard InChI is InChI=1S/C18H13N.C18H15N.C14H13NS.2C14H13N.C13H10.C12H8S.C12H10S.C8H10O2/c1-2-8-14(9-3-1)19-17-12-6-4-10-15(17)16-11-5-7-13-18(16)19;1-4-10-16(11-5-1)19(17-12-6-2-7-13-17)18-14-8-3-9-15-18;1-2-15-11-7-3-5-9-13(11)16-14-10-6-4-8-12(14)15;2*1-2-15-13-9-5-3-7-11(13)12-8-4-6-10-14(12)15;1-3-7-12-10(5-1)9-11-6-2-4-8-13(11)12;1-3-7-11-9(5-1)10-6-2-4-8-12(10)13-11;1-3-7-11(8-4-1)13-12-9-5-2-6-10-12;1-9-7-3-5-8(10-2)6-4-7/h1-13H;1-15H;3-10H,2H2,1H3;2*3-10H,2H2,1H3;1-8H,9H2;1-8H;1-10H;3-6H,1-2H3. The van der Waals surface area contributed by atoms with Gasteiger partial charge in [-0.05, 0) is 219 Å². The van der Waals surface area contributed by atoms with E-state index in [4.69, 9.17) is 9.47 Å². The van der Waals surface area contributed by atoms with Crippen LogP contribution in [0.5, 0.6) is 11.5 Å². The summed E-state index contributed by atoms with van der Waals surface area (Å²) in [5.74, 6) is 1.70. The molecule has 10 heteroatoms. The number of fused-ring (bicyclic) bond motifs is 17. The van der Waals surface area contributed by atoms with Gasteiger partial charge < -0.3 is 33.0 Å². The number of para-hydroxylation sites is 12. The van der Waals surface area contributed by atoms with E-state index in [2.05, 4.69) is 487 Å². The predicted molar refractivity (Wildman–Crippen MR) is 572 cm³/mol. The number of aromatic nitrogens is 3. The molecule has 0 unspecified atom stereocenters. The van der Waals surface area contributed by atoms with Crippen LogP contribution in [0.15, 0.2) is 517 Å². The van der Waals surface area contributed by atoms with E-state index < -0.39 is 0 Å². The Morgan fingerprint density at radius 1 is 0.263 bits per heavy atom. The Bertz CT molecular complexity index is 7090. The molecule has 25 rings (SSSR count). The van der Waals surface area contributed by atoms with E-state index >= 15 is 0 Å². The first kappa shape index (κ1) is 89.7. The summed E-state index contributed by atoms with van der Waals surface area (Å²) in [7, 11) is 3.28. The van der Waals surface area contributed by atoms with Crippen molar-refractivity contribution in [1.29, 1.82) is 0 Å². The van der Waals surface area contributed by atoms with Crippen LogP contribution < -0.4 is 19.3 Å². The number of anilines is 5. The number of ether oxygens (including phenoxy) is 2. The van der Waals surface area contributed by atoms with Crippen molar-refractivity contribution in [2.24, 2.45) is 0 Å². The van der Waals surface area contributed by atoms with E-state index in [0.29, 0.717) is 0 Å². The number of hydrogen-bond acceptors (Lipinski definition) is 7. The first-order valence-corrected chi connectivity index (χ1v) is 47.8. The quantitative estimate of drug-likeness (QED) is 0.129. The van der Waals surface area contributed by atoms with Crippen LogP contribution in [-0.2, 0) is 19.5 Å². The van der Waals surface area contributed by atoms with Crippen LogP contribution in [-0.4, -0.2) is 34.5 Å². The lowest BCUT2D eigenvalue weighted by Crippen LogP contribution is -2.19. The first-order valence-electron chi connectivity index (χ1n) is 45.4. The van der Waals surface area contributed by atoms with Gasteiger partial charge in [0.05, 0.1) is 36.6 Å². The van der Waals surface area contributed by atoms with Crippen molar-refractivity contribution in [3.05, 3.63) is 509 Å². The van der Waals surface area contributed by atoms with Crippen molar-refractivity contribution in [3.63, 3.8) is 0 Å². The predicted octanol–water partition coefficient (Wildman–Crippen LogP) is 34.7. The van der Waals surface area contributed by atoms with Gasteiger partial charge in [-0.1, -0.05) is 351 Å². The molecule has 0 saturated heterocycles. The molecule has 23 aromatic rings. The molecule has 4 aromatic heterocycles. The smallest absolute Gasteiger partial charge is 0.119 e. The zero-order valence-electron chi connectivity index (χ0n) is 75.4. The van der Waals surface area contributed by atoms with Gasteiger partial charge in [-0.2, -0.15) is 0 Å². The molecule has 0 N–H and O–H groups in total. The summed E-state index contributed by atoms with van der Waals surface area (Å²) in [6.45, 7) is 9.64. The summed E-state index contributed by atoms with van der Waals surface area (Å²) in [6.07, 6.45) is 1.10. The zero-order chi connectivity index (χ0) is 90.7. The zero-order valence-corrected chi connectivity index (χ0v) is 77.9. The molecule has 0 atom stereocenters. The first-order chi connectivity index (χ1) is 65.8. The van der Waals surface area contributed by atoms with E-state index in [1.165, 1.54) is 162 Å². The molecule has 0 saturated carbocycles. The van der Waals surface area contributed by atoms with Gasteiger partial charge in [0.2, 0.25) is 0 Å². The van der Waals surface area contributed by atoms with Gasteiger partial charge in [-0.3, -0.25) is 0 Å². The lowest BCUT2D eigenvalue weighted by molar-refractivity contribution is 0.403. The number of nitrogens with zero attached hydrogens (tertiary/aromatic N) is 5. The number of thiophene rings is 1. The van der Waals surface area contributed by atoms with Crippen LogP contribution in [0.3, 0.4) is 0 Å². The normalized spacial score (nSPS) is 11.1. The van der Waals surface area contributed by atoms with E-state index in [1.54, 1.807) is 26.0 Å². The highest BCUT2D eigenvalue weighted by molar-refractivity contribution is 8.00. The Morgan fingerprint density at radius 3 is 0.887 bits per heavy atom. The Balaban J connectivity index is 0.000000105. The molecule has 652 valence electrons. The van der Waals surface area contributed by atoms with Gasteiger partial charge in [0.15, 0.2) is 0 Å². The topological polar surface area (TPSA) is 39.7 Å². The summed E-state index contributed by atoms with van der Waals surface area (Å²) >= 11 is 5.51. The molecule has 0 spiro atoms. The Kier molecular flexibility index (Phi) is 30.2. The third-order valence-electron chi connectivity index (χ3n) is 23.5. The number of hydrogen-bond donors (Lipinski definition) is 0. The molecule has 1 aliphatic heterocycles. The molecule has 7 nitrogen and oxygen atoms in total. The molecule has 0 radical (unpaired) electrons. The molecule has 133 heavy (non-hydrogen) atoms. The fourth-order valence-electron chi connectivity index (χ4n) is 17.3. The van der Waals surface area contributed by atoms with Gasteiger partial charge in [-0.25, -0.2) is 0 Å². The molecule has 1 aliphatic carbocycles. The molecule has 0 fully saturated rings. The summed E-state index contributed by atoms with van der Waals surface area (Å²) in [6, 6.07) is 173. The van der Waals surface area contributed by atoms with Crippen LogP contribution in [0.1, 0.15) is 31.9 Å². The van der Waals surface area contributed by atoms with Crippen molar-refractivity contribution >= 4 is 149 Å². The molecule has 0 amide bonds. The maximum Gasteiger partial charge on any atom is 0.119 e. The van der Waals surface area contributed by atoms with Gasteiger partial charge >= 0.3 is 0 Å². The average Bonchev–Trinajstić information content (AvgIpc) is 1.70. The second-order valence-electron chi connectivity index (χ2n) is 31.6. The molecular formula is C123H105N5O2S3. The average molecular weight is 1780 g/mol. The van der Waals surface area contributed by atoms with Crippen molar-refractivity contribution in [2.45, 2.75) is 59.9 Å². The fraction of sp³-hybridized carbons (Fsp3) is 0.0732. The van der Waals surface area contributed by atoms with Crippen molar-refractivity contribution in [1.82, 2.24) is 13.7 Å². The second-order valence-corrected chi connectivity index (χ2v) is 34.9. The van der Waals surface area contributed by atoms with Crippen LogP contribution in [0, 0.1) is 0 Å². The highest BCUT2D eigenvalue weighted by Crippen LogP contribution is 2.48.